The van der Waals surface area contributed by atoms with Crippen molar-refractivity contribution in [3.05, 3.63) is 30.0 Å². The Morgan fingerprint density at radius 3 is 2.81 bits per heavy atom. The second-order valence-corrected chi connectivity index (χ2v) is 4.92. The van der Waals surface area contributed by atoms with Crippen molar-refractivity contribution in [1.29, 1.82) is 0 Å². The number of benzene rings is 1. The molecule has 21 heavy (non-hydrogen) atoms. The molecule has 7 heteroatoms. The Bertz CT molecular complexity index is 666. The van der Waals surface area contributed by atoms with E-state index in [1.807, 2.05) is 6.07 Å². The molecule has 2 N–H and O–H groups in total. The minimum atomic E-state index is -1.48. The summed E-state index contributed by atoms with van der Waals surface area (Å²) in [6, 6.07) is 7.15. The topological polar surface area (TPSA) is 102 Å². The number of carbonyl (C=O) groups excluding carboxylic acids is 1. The zero-order valence-electron chi connectivity index (χ0n) is 11.8. The third kappa shape index (κ3) is 3.19. The van der Waals surface area contributed by atoms with Crippen molar-refractivity contribution in [1.82, 2.24) is 10.5 Å². The van der Waals surface area contributed by atoms with Crippen LogP contribution in [0.4, 0.5) is 0 Å². The zero-order valence-corrected chi connectivity index (χ0v) is 11.8. The maximum absolute atomic E-state index is 12.0. The summed E-state index contributed by atoms with van der Waals surface area (Å²) in [5, 5.41) is 16.2. The van der Waals surface area contributed by atoms with Gasteiger partial charge in [0.2, 0.25) is 5.91 Å². The van der Waals surface area contributed by atoms with E-state index in [1.165, 1.54) is 14.0 Å². The van der Waals surface area contributed by atoms with Gasteiger partial charge in [0.15, 0.2) is 11.1 Å². The number of hydrogen-bond acceptors (Lipinski definition) is 5. The van der Waals surface area contributed by atoms with Crippen molar-refractivity contribution in [3.63, 3.8) is 0 Å². The fourth-order valence-electron chi connectivity index (χ4n) is 2.01. The summed E-state index contributed by atoms with van der Waals surface area (Å²) in [6.07, 6.45) is -0.0659. The van der Waals surface area contributed by atoms with Crippen LogP contribution in [0.1, 0.15) is 12.6 Å². The SMILES string of the molecule is COCC(C)(NC(=O)Cc1noc2ccccc12)C(=O)O. The molecule has 2 rings (SSSR count). The number of para-hydroxylation sites is 1. The molecule has 7 nitrogen and oxygen atoms in total. The van der Waals surface area contributed by atoms with E-state index < -0.39 is 17.4 Å². The van der Waals surface area contributed by atoms with Gasteiger partial charge < -0.3 is 19.7 Å². The minimum Gasteiger partial charge on any atom is -0.479 e. The highest BCUT2D eigenvalue weighted by Crippen LogP contribution is 2.18. The van der Waals surface area contributed by atoms with E-state index in [9.17, 15) is 14.7 Å². The average molecular weight is 292 g/mol. The second-order valence-electron chi connectivity index (χ2n) is 4.92. The van der Waals surface area contributed by atoms with Crippen molar-refractivity contribution in [2.45, 2.75) is 18.9 Å². The van der Waals surface area contributed by atoms with Crippen LogP contribution in [0.25, 0.3) is 11.0 Å². The fourth-order valence-corrected chi connectivity index (χ4v) is 2.01. The lowest BCUT2D eigenvalue weighted by molar-refractivity contribution is -0.149. The van der Waals surface area contributed by atoms with Crippen LogP contribution in [-0.2, 0) is 20.7 Å². The zero-order chi connectivity index (χ0) is 15.5. The first-order valence-corrected chi connectivity index (χ1v) is 6.33. The van der Waals surface area contributed by atoms with Crippen molar-refractivity contribution >= 4 is 22.8 Å². The number of carboxylic acid groups (broad SMARTS) is 1. The first-order valence-electron chi connectivity index (χ1n) is 6.33. The van der Waals surface area contributed by atoms with Crippen LogP contribution in [0.15, 0.2) is 28.8 Å². The van der Waals surface area contributed by atoms with Crippen LogP contribution < -0.4 is 5.32 Å². The predicted molar refractivity (Wildman–Crippen MR) is 73.8 cm³/mol. The monoisotopic (exact) mass is 292 g/mol. The van der Waals surface area contributed by atoms with Gasteiger partial charge in [-0.05, 0) is 19.1 Å². The number of hydrogen-bond donors (Lipinski definition) is 2. The lowest BCUT2D eigenvalue weighted by Crippen LogP contribution is -2.55. The highest BCUT2D eigenvalue weighted by atomic mass is 16.5. The Morgan fingerprint density at radius 1 is 1.43 bits per heavy atom. The molecule has 1 unspecified atom stereocenters. The Hall–Kier alpha value is -2.41. The quantitative estimate of drug-likeness (QED) is 0.822. The highest BCUT2D eigenvalue weighted by Gasteiger charge is 2.35. The summed E-state index contributed by atoms with van der Waals surface area (Å²) in [7, 11) is 1.37. The predicted octanol–water partition coefficient (Wildman–Crippen LogP) is 0.976. The van der Waals surface area contributed by atoms with E-state index in [0.29, 0.717) is 11.3 Å². The Morgan fingerprint density at radius 2 is 2.14 bits per heavy atom. The van der Waals surface area contributed by atoms with Gasteiger partial charge in [-0.3, -0.25) is 4.79 Å². The standard InChI is InChI=1S/C14H16N2O5/c1-14(8-20-2,13(18)19)15-12(17)7-10-9-5-3-4-6-11(9)21-16-10/h3-6H,7-8H2,1-2H3,(H,15,17)(H,18,19). The van der Waals surface area contributed by atoms with Crippen molar-refractivity contribution in [2.75, 3.05) is 13.7 Å². The normalized spacial score (nSPS) is 13.8. The largest absolute Gasteiger partial charge is 0.479 e. The molecule has 2 aromatic rings. The van der Waals surface area contributed by atoms with Gasteiger partial charge in [0.25, 0.3) is 0 Å². The molecule has 0 fully saturated rings. The number of rotatable bonds is 6. The number of carbonyl (C=O) groups is 2. The molecule has 0 saturated heterocycles. The molecule has 0 radical (unpaired) electrons. The van der Waals surface area contributed by atoms with Crippen LogP contribution in [0.2, 0.25) is 0 Å². The maximum Gasteiger partial charge on any atom is 0.331 e. The lowest BCUT2D eigenvalue weighted by Gasteiger charge is -2.25. The number of ether oxygens (including phenoxy) is 1. The number of nitrogens with one attached hydrogen (secondary N) is 1. The summed E-state index contributed by atoms with van der Waals surface area (Å²) < 4.78 is 9.95. The Kier molecular flexibility index (Phi) is 4.23. The molecule has 0 aliphatic carbocycles. The van der Waals surface area contributed by atoms with E-state index in [1.54, 1.807) is 18.2 Å². The minimum absolute atomic E-state index is 0.0659. The summed E-state index contributed by atoms with van der Waals surface area (Å²) in [6.45, 7) is 1.26. The van der Waals surface area contributed by atoms with Gasteiger partial charge in [-0.15, -0.1) is 0 Å². The van der Waals surface area contributed by atoms with E-state index in [0.717, 1.165) is 5.39 Å². The van der Waals surface area contributed by atoms with Gasteiger partial charge in [-0.25, -0.2) is 4.79 Å². The van der Waals surface area contributed by atoms with Gasteiger partial charge in [0.05, 0.1) is 13.0 Å². The third-order valence-corrected chi connectivity index (χ3v) is 3.10. The second kappa shape index (κ2) is 5.92. The Labute approximate surface area is 120 Å². The van der Waals surface area contributed by atoms with Gasteiger partial charge in [0.1, 0.15) is 5.69 Å². The fraction of sp³-hybridized carbons (Fsp3) is 0.357. The first kappa shape index (κ1) is 15.0. The van der Waals surface area contributed by atoms with Crippen LogP contribution in [0, 0.1) is 0 Å². The molecular weight excluding hydrogens is 276 g/mol. The van der Waals surface area contributed by atoms with Gasteiger partial charge >= 0.3 is 5.97 Å². The van der Waals surface area contributed by atoms with Crippen molar-refractivity contribution in [3.8, 4) is 0 Å². The number of fused-ring (bicyclic) bond motifs is 1. The number of aliphatic carboxylic acids is 1. The van der Waals surface area contributed by atoms with Crippen LogP contribution >= 0.6 is 0 Å². The van der Waals surface area contributed by atoms with Crippen molar-refractivity contribution in [2.24, 2.45) is 0 Å². The third-order valence-electron chi connectivity index (χ3n) is 3.10. The highest BCUT2D eigenvalue weighted by molar-refractivity contribution is 5.90. The van der Waals surface area contributed by atoms with Crippen molar-refractivity contribution < 1.29 is 24.0 Å². The molecule has 112 valence electrons. The van der Waals surface area contributed by atoms with Gasteiger partial charge in [0, 0.05) is 12.5 Å². The molecule has 0 aliphatic rings. The molecule has 0 saturated carbocycles. The number of amides is 1. The van der Waals surface area contributed by atoms with E-state index in [-0.39, 0.29) is 13.0 Å². The first-order chi connectivity index (χ1) is 9.96. The van der Waals surface area contributed by atoms with E-state index in [4.69, 9.17) is 9.26 Å². The average Bonchev–Trinajstić information content (AvgIpc) is 2.82. The number of aromatic nitrogens is 1. The molecule has 0 bridgehead atoms. The molecule has 1 amide bonds. The number of nitrogens with zero attached hydrogens (tertiary/aromatic N) is 1. The molecule has 1 aromatic heterocycles. The van der Waals surface area contributed by atoms with Gasteiger partial charge in [-0.2, -0.15) is 0 Å². The van der Waals surface area contributed by atoms with E-state index in [2.05, 4.69) is 10.5 Å². The lowest BCUT2D eigenvalue weighted by atomic mass is 10.0. The van der Waals surface area contributed by atoms with E-state index >= 15 is 0 Å². The number of methoxy groups -OCH3 is 1. The number of carboxylic acids is 1. The molecule has 0 spiro atoms. The molecular formula is C14H16N2O5. The summed E-state index contributed by atoms with van der Waals surface area (Å²) >= 11 is 0. The summed E-state index contributed by atoms with van der Waals surface area (Å²) in [5.74, 6) is -1.63. The van der Waals surface area contributed by atoms with Crippen LogP contribution in [0.3, 0.4) is 0 Å². The summed E-state index contributed by atoms with van der Waals surface area (Å²) in [5.41, 5.74) is -0.433. The van der Waals surface area contributed by atoms with Crippen LogP contribution in [0.5, 0.6) is 0 Å². The smallest absolute Gasteiger partial charge is 0.331 e. The van der Waals surface area contributed by atoms with Crippen LogP contribution in [-0.4, -0.2) is 41.4 Å². The molecule has 1 heterocycles. The maximum atomic E-state index is 12.0. The summed E-state index contributed by atoms with van der Waals surface area (Å²) in [4.78, 5) is 23.3. The van der Waals surface area contributed by atoms with Gasteiger partial charge in [-0.1, -0.05) is 17.3 Å². The molecule has 1 aromatic carbocycles. The molecule has 0 aliphatic heterocycles. The molecule has 1 atom stereocenters. The Balaban J connectivity index is 2.12.